The van der Waals surface area contributed by atoms with Crippen LogP contribution in [-0.4, -0.2) is 28.7 Å². The van der Waals surface area contributed by atoms with Crippen molar-refractivity contribution in [2.24, 2.45) is 17.3 Å². The highest BCUT2D eigenvalue weighted by molar-refractivity contribution is 5.83. The first-order chi connectivity index (χ1) is 11.5. The number of aliphatic hydroxyl groups is 2. The summed E-state index contributed by atoms with van der Waals surface area (Å²) < 4.78 is 0. The molecule has 0 saturated heterocycles. The van der Waals surface area contributed by atoms with Gasteiger partial charge in [-0.15, -0.1) is 0 Å². The largest absolute Gasteiger partial charge is 0.393 e. The van der Waals surface area contributed by atoms with E-state index in [2.05, 4.69) is 25.7 Å². The molecule has 3 rings (SSSR count). The van der Waals surface area contributed by atoms with Crippen molar-refractivity contribution < 1.29 is 15.0 Å². The number of hydrogen-bond acceptors (Lipinski definition) is 3. The molecule has 3 nitrogen and oxygen atoms in total. The fraction of sp³-hybridized carbons (Fsp3) is 0.667. The normalized spacial score (nSPS) is 40.1. The Hall–Kier alpha value is -1.19. The van der Waals surface area contributed by atoms with E-state index in [1.807, 2.05) is 0 Å². The molecular formula is C21H30O3. The molecule has 2 N–H and O–H groups in total. The second kappa shape index (κ2) is 6.97. The third kappa shape index (κ3) is 3.16. The first-order valence-electron chi connectivity index (χ1n) is 9.35. The van der Waals surface area contributed by atoms with E-state index in [1.165, 1.54) is 11.1 Å². The van der Waals surface area contributed by atoms with Gasteiger partial charge in [-0.3, -0.25) is 4.79 Å². The minimum absolute atomic E-state index is 0.00545. The molecule has 0 spiro atoms. The van der Waals surface area contributed by atoms with Gasteiger partial charge in [-0.2, -0.15) is 0 Å². The van der Waals surface area contributed by atoms with Gasteiger partial charge in [0.1, 0.15) is 6.61 Å². The van der Waals surface area contributed by atoms with Crippen LogP contribution in [0.5, 0.6) is 0 Å². The Morgan fingerprint density at radius 1 is 1.29 bits per heavy atom. The summed E-state index contributed by atoms with van der Waals surface area (Å²) in [5, 5.41) is 19.2. The molecule has 3 saturated carbocycles. The third-order valence-corrected chi connectivity index (χ3v) is 6.70. The minimum atomic E-state index is -0.326. The van der Waals surface area contributed by atoms with Gasteiger partial charge in [-0.25, -0.2) is 0 Å². The van der Waals surface area contributed by atoms with E-state index in [9.17, 15) is 15.0 Å². The summed E-state index contributed by atoms with van der Waals surface area (Å²) in [5.74, 6) is 0.476. The first kappa shape index (κ1) is 17.6. The molecule has 24 heavy (non-hydrogen) atoms. The molecule has 0 aliphatic heterocycles. The van der Waals surface area contributed by atoms with Crippen LogP contribution in [0.3, 0.4) is 0 Å². The van der Waals surface area contributed by atoms with Gasteiger partial charge in [-0.1, -0.05) is 36.8 Å². The standard InChI is InChI=1S/C21H30O3/c1-14-5-8-17(23)12-16(14)7-6-15-4-3-11-21(2)18(15)9-10-19(21)20(24)13-22/h6-7,17-19,22-23H,1,3-5,8-13H2,2H3/b15-6+,16-7-/t17-,18-,19+,21-/m0/s1. The number of fused-ring (bicyclic) bond motifs is 1. The monoisotopic (exact) mass is 330 g/mol. The van der Waals surface area contributed by atoms with Gasteiger partial charge in [0.2, 0.25) is 0 Å². The van der Waals surface area contributed by atoms with E-state index < -0.39 is 0 Å². The zero-order valence-corrected chi connectivity index (χ0v) is 14.8. The first-order valence-corrected chi connectivity index (χ1v) is 9.35. The zero-order chi connectivity index (χ0) is 17.3. The molecule has 0 bridgehead atoms. The Morgan fingerprint density at radius 2 is 2.08 bits per heavy atom. The Bertz CT molecular complexity index is 586. The molecule has 3 aliphatic rings. The Labute approximate surface area is 145 Å². The zero-order valence-electron chi connectivity index (χ0n) is 14.8. The molecule has 0 heterocycles. The van der Waals surface area contributed by atoms with Crippen LogP contribution in [0.1, 0.15) is 58.3 Å². The predicted octanol–water partition coefficient (Wildman–Crippen LogP) is 3.72. The topological polar surface area (TPSA) is 57.5 Å². The fourth-order valence-corrected chi connectivity index (χ4v) is 5.27. The fourth-order valence-electron chi connectivity index (χ4n) is 5.27. The second-order valence-corrected chi connectivity index (χ2v) is 8.10. The lowest BCUT2D eigenvalue weighted by molar-refractivity contribution is -0.129. The quantitative estimate of drug-likeness (QED) is 0.829. The van der Waals surface area contributed by atoms with Gasteiger partial charge in [-0.05, 0) is 68.3 Å². The van der Waals surface area contributed by atoms with Crippen LogP contribution in [0.4, 0.5) is 0 Å². The number of rotatable bonds is 3. The Balaban J connectivity index is 1.82. The molecular weight excluding hydrogens is 300 g/mol. The van der Waals surface area contributed by atoms with Gasteiger partial charge in [0.25, 0.3) is 0 Å². The van der Waals surface area contributed by atoms with Crippen molar-refractivity contribution in [2.75, 3.05) is 6.61 Å². The van der Waals surface area contributed by atoms with E-state index >= 15 is 0 Å². The SMILES string of the molecule is C=C1CC[C@H](O)C/C1=C/C=C1\CCC[C@]2(C)[C@@H](C(=O)CO)CC[C@@H]12. The molecule has 3 heteroatoms. The van der Waals surface area contributed by atoms with Crippen LogP contribution in [0, 0.1) is 17.3 Å². The van der Waals surface area contributed by atoms with E-state index in [0.717, 1.165) is 50.5 Å². The van der Waals surface area contributed by atoms with Crippen molar-refractivity contribution in [2.45, 2.75) is 64.4 Å². The maximum absolute atomic E-state index is 12.1. The lowest BCUT2D eigenvalue weighted by atomic mass is 9.62. The maximum Gasteiger partial charge on any atom is 0.161 e. The second-order valence-electron chi connectivity index (χ2n) is 8.10. The average Bonchev–Trinajstić information content (AvgIpc) is 2.92. The molecule has 3 aliphatic carbocycles. The van der Waals surface area contributed by atoms with Crippen molar-refractivity contribution in [3.63, 3.8) is 0 Å². The highest BCUT2D eigenvalue weighted by atomic mass is 16.3. The van der Waals surface area contributed by atoms with E-state index in [-0.39, 0.29) is 29.8 Å². The number of allylic oxidation sites excluding steroid dienone is 4. The van der Waals surface area contributed by atoms with Crippen LogP contribution in [0.2, 0.25) is 0 Å². The summed E-state index contributed by atoms with van der Waals surface area (Å²) in [6, 6.07) is 0. The Morgan fingerprint density at radius 3 is 2.83 bits per heavy atom. The third-order valence-electron chi connectivity index (χ3n) is 6.70. The molecule has 0 aromatic carbocycles. The van der Waals surface area contributed by atoms with Gasteiger partial charge in [0, 0.05) is 5.92 Å². The van der Waals surface area contributed by atoms with E-state index in [1.54, 1.807) is 0 Å². The van der Waals surface area contributed by atoms with Crippen molar-refractivity contribution >= 4 is 5.78 Å². The smallest absolute Gasteiger partial charge is 0.161 e. The van der Waals surface area contributed by atoms with Crippen LogP contribution >= 0.6 is 0 Å². The average molecular weight is 330 g/mol. The number of ketones is 1. The maximum atomic E-state index is 12.1. The van der Waals surface area contributed by atoms with Crippen molar-refractivity contribution in [3.8, 4) is 0 Å². The summed E-state index contributed by atoms with van der Waals surface area (Å²) in [5.41, 5.74) is 3.77. The van der Waals surface area contributed by atoms with Crippen molar-refractivity contribution in [3.05, 3.63) is 35.5 Å². The van der Waals surface area contributed by atoms with E-state index in [0.29, 0.717) is 12.3 Å². The number of carbonyl (C=O) groups excluding carboxylic acids is 1. The lowest BCUT2D eigenvalue weighted by Crippen LogP contribution is -2.37. The van der Waals surface area contributed by atoms with Crippen LogP contribution in [-0.2, 0) is 4.79 Å². The van der Waals surface area contributed by atoms with E-state index in [4.69, 9.17) is 0 Å². The van der Waals surface area contributed by atoms with Crippen LogP contribution in [0.15, 0.2) is 35.5 Å². The molecule has 3 fully saturated rings. The number of hydrogen-bond donors (Lipinski definition) is 2. The molecule has 132 valence electrons. The number of Topliss-reactive ketones (excluding diaryl/α,β-unsaturated/α-hetero) is 1. The summed E-state index contributed by atoms with van der Waals surface area (Å²) >= 11 is 0. The molecule has 0 radical (unpaired) electrons. The van der Waals surface area contributed by atoms with Gasteiger partial charge < -0.3 is 10.2 Å². The predicted molar refractivity (Wildman–Crippen MR) is 95.4 cm³/mol. The van der Waals surface area contributed by atoms with Gasteiger partial charge >= 0.3 is 0 Å². The summed E-state index contributed by atoms with van der Waals surface area (Å²) in [6.07, 6.45) is 11.8. The Kier molecular flexibility index (Phi) is 5.12. The highest BCUT2D eigenvalue weighted by Gasteiger charge is 2.51. The van der Waals surface area contributed by atoms with Crippen molar-refractivity contribution in [1.29, 1.82) is 0 Å². The summed E-state index contributed by atoms with van der Waals surface area (Å²) in [6.45, 7) is 6.06. The molecule has 4 atom stereocenters. The molecule has 0 amide bonds. The van der Waals surface area contributed by atoms with Crippen LogP contribution in [0.25, 0.3) is 0 Å². The van der Waals surface area contributed by atoms with Gasteiger partial charge in [0.15, 0.2) is 5.78 Å². The molecule has 0 unspecified atom stereocenters. The molecule has 0 aromatic rings. The van der Waals surface area contributed by atoms with Crippen LogP contribution < -0.4 is 0 Å². The number of aliphatic hydroxyl groups excluding tert-OH is 2. The summed E-state index contributed by atoms with van der Waals surface area (Å²) in [7, 11) is 0. The lowest BCUT2D eigenvalue weighted by Gasteiger charge is -2.41. The highest BCUT2D eigenvalue weighted by Crippen LogP contribution is 2.57. The summed E-state index contributed by atoms with van der Waals surface area (Å²) in [4.78, 5) is 12.1. The minimum Gasteiger partial charge on any atom is -0.393 e. The van der Waals surface area contributed by atoms with Crippen molar-refractivity contribution in [1.82, 2.24) is 0 Å². The number of carbonyl (C=O) groups is 1. The van der Waals surface area contributed by atoms with Gasteiger partial charge in [0.05, 0.1) is 6.10 Å². The molecule has 0 aromatic heterocycles.